The van der Waals surface area contributed by atoms with Crippen LogP contribution in [-0.2, 0) is 9.59 Å². The number of nitriles is 1. The topological polar surface area (TPSA) is 81.4 Å². The molecule has 0 radical (unpaired) electrons. The van der Waals surface area contributed by atoms with Crippen LogP contribution in [0.4, 0.5) is 0 Å². The minimum atomic E-state index is -0.794. The summed E-state index contributed by atoms with van der Waals surface area (Å²) < 4.78 is 0. The van der Waals surface area contributed by atoms with Crippen molar-refractivity contribution < 1.29 is 14.7 Å². The predicted octanol–water partition coefficient (Wildman–Crippen LogP) is 0.223. The number of carboxylic acids is 1. The normalized spacial score (nSPS) is 17.5. The summed E-state index contributed by atoms with van der Waals surface area (Å²) in [4.78, 5) is 23.4. The molecule has 0 bridgehead atoms. The van der Waals surface area contributed by atoms with Crippen molar-refractivity contribution >= 4 is 11.9 Å². The van der Waals surface area contributed by atoms with Gasteiger partial charge in [0.2, 0.25) is 5.91 Å². The van der Waals surface area contributed by atoms with E-state index in [1.165, 1.54) is 0 Å². The molecule has 0 spiro atoms. The smallest absolute Gasteiger partial charge is 0.306 e. The highest BCUT2D eigenvalue weighted by molar-refractivity contribution is 5.78. The number of nitrogens with zero attached hydrogens (tertiary/aromatic N) is 2. The number of carbonyl (C=O) groups is 2. The summed E-state index contributed by atoms with van der Waals surface area (Å²) in [5, 5.41) is 17.0. The van der Waals surface area contributed by atoms with E-state index in [0.717, 1.165) is 0 Å². The molecule has 1 aliphatic heterocycles. The number of carbonyl (C=O) groups excluding carboxylic acids is 1. The van der Waals surface area contributed by atoms with Crippen LogP contribution in [0.5, 0.6) is 0 Å². The highest BCUT2D eigenvalue weighted by atomic mass is 16.4. The summed E-state index contributed by atoms with van der Waals surface area (Å²) in [6, 6.07) is 1.79. The summed E-state index contributed by atoms with van der Waals surface area (Å²) in [5.74, 6) is -1.32. The van der Waals surface area contributed by atoms with Crippen molar-refractivity contribution in [2.75, 3.05) is 13.1 Å². The first-order valence-corrected chi connectivity index (χ1v) is 4.52. The van der Waals surface area contributed by atoms with Crippen LogP contribution in [0.1, 0.15) is 19.3 Å². The Hall–Kier alpha value is -1.57. The minimum Gasteiger partial charge on any atom is -0.481 e. The highest BCUT2D eigenvalue weighted by Gasteiger charge is 2.26. The van der Waals surface area contributed by atoms with Crippen molar-refractivity contribution in [1.82, 2.24) is 4.90 Å². The number of amides is 1. The second kappa shape index (κ2) is 4.61. The number of aliphatic carboxylic acids is 1. The third kappa shape index (κ3) is 2.46. The van der Waals surface area contributed by atoms with Crippen LogP contribution in [0.25, 0.3) is 0 Å². The Kier molecular flexibility index (Phi) is 3.46. The van der Waals surface area contributed by atoms with E-state index in [0.29, 0.717) is 25.9 Å². The molecule has 0 aliphatic carbocycles. The maximum absolute atomic E-state index is 11.2. The molecule has 5 nitrogen and oxygen atoms in total. The molecule has 0 aromatic carbocycles. The molecule has 0 saturated carbocycles. The van der Waals surface area contributed by atoms with Gasteiger partial charge in [-0.2, -0.15) is 5.26 Å². The SMILES string of the molecule is N#CCC(=O)N1CCC(C(=O)O)CC1. The van der Waals surface area contributed by atoms with Gasteiger partial charge in [-0.05, 0) is 12.8 Å². The fourth-order valence-electron chi connectivity index (χ4n) is 1.56. The molecule has 0 aromatic rings. The minimum absolute atomic E-state index is 0.113. The van der Waals surface area contributed by atoms with Crippen molar-refractivity contribution in [3.05, 3.63) is 0 Å². The summed E-state index contributed by atoms with van der Waals surface area (Å²) >= 11 is 0. The average molecular weight is 196 g/mol. The molecular formula is C9H12N2O3. The van der Waals surface area contributed by atoms with E-state index in [2.05, 4.69) is 0 Å². The van der Waals surface area contributed by atoms with Gasteiger partial charge >= 0.3 is 5.97 Å². The van der Waals surface area contributed by atoms with Gasteiger partial charge < -0.3 is 10.0 Å². The van der Waals surface area contributed by atoms with Crippen LogP contribution in [0.3, 0.4) is 0 Å². The van der Waals surface area contributed by atoms with Crippen molar-refractivity contribution in [3.63, 3.8) is 0 Å². The van der Waals surface area contributed by atoms with Crippen molar-refractivity contribution in [3.8, 4) is 6.07 Å². The third-order valence-electron chi connectivity index (χ3n) is 2.43. The van der Waals surface area contributed by atoms with Crippen LogP contribution in [0, 0.1) is 17.2 Å². The summed E-state index contributed by atoms with van der Waals surface area (Å²) in [6.45, 7) is 0.912. The molecule has 14 heavy (non-hydrogen) atoms. The first-order chi connectivity index (χ1) is 6.65. The van der Waals surface area contributed by atoms with Crippen LogP contribution in [0.15, 0.2) is 0 Å². The molecule has 1 heterocycles. The van der Waals surface area contributed by atoms with Gasteiger partial charge in [-0.1, -0.05) is 0 Å². The van der Waals surface area contributed by atoms with Crippen molar-refractivity contribution in [1.29, 1.82) is 5.26 Å². The Morgan fingerprint density at radius 1 is 1.43 bits per heavy atom. The van der Waals surface area contributed by atoms with E-state index >= 15 is 0 Å². The summed E-state index contributed by atoms with van der Waals surface area (Å²) in [7, 11) is 0. The molecule has 5 heteroatoms. The zero-order valence-corrected chi connectivity index (χ0v) is 7.77. The average Bonchev–Trinajstić information content (AvgIpc) is 2.18. The number of piperidine rings is 1. The Morgan fingerprint density at radius 2 is 2.00 bits per heavy atom. The van der Waals surface area contributed by atoms with Gasteiger partial charge in [0.1, 0.15) is 6.42 Å². The Labute approximate surface area is 81.9 Å². The molecule has 0 aromatic heterocycles. The lowest BCUT2D eigenvalue weighted by Crippen LogP contribution is -2.40. The molecule has 0 atom stereocenters. The Balaban J connectivity index is 2.40. The largest absolute Gasteiger partial charge is 0.481 e. The Bertz CT molecular complexity index is 274. The first kappa shape index (κ1) is 10.5. The van der Waals surface area contributed by atoms with E-state index in [1.54, 1.807) is 11.0 Å². The fraction of sp³-hybridized carbons (Fsp3) is 0.667. The number of hydrogen-bond acceptors (Lipinski definition) is 3. The zero-order valence-electron chi connectivity index (χ0n) is 7.77. The molecule has 1 fully saturated rings. The number of hydrogen-bond donors (Lipinski definition) is 1. The van der Waals surface area contributed by atoms with E-state index in [9.17, 15) is 9.59 Å². The van der Waals surface area contributed by atoms with Crippen molar-refractivity contribution in [2.24, 2.45) is 5.92 Å². The molecular weight excluding hydrogens is 184 g/mol. The standard InChI is InChI=1S/C9H12N2O3/c10-4-1-8(12)11-5-2-7(3-6-11)9(13)14/h7H,1-3,5-6H2,(H,13,14). The van der Waals surface area contributed by atoms with Gasteiger partial charge in [-0.25, -0.2) is 0 Å². The van der Waals surface area contributed by atoms with Gasteiger partial charge in [-0.3, -0.25) is 9.59 Å². The quantitative estimate of drug-likeness (QED) is 0.685. The van der Waals surface area contributed by atoms with E-state index in [1.807, 2.05) is 0 Å². The monoisotopic (exact) mass is 196 g/mol. The molecule has 1 aliphatic rings. The first-order valence-electron chi connectivity index (χ1n) is 4.52. The highest BCUT2D eigenvalue weighted by Crippen LogP contribution is 2.17. The van der Waals surface area contributed by atoms with Gasteiger partial charge in [0, 0.05) is 13.1 Å². The summed E-state index contributed by atoms with van der Waals surface area (Å²) in [5.41, 5.74) is 0. The van der Waals surface area contributed by atoms with Crippen LogP contribution >= 0.6 is 0 Å². The van der Waals surface area contributed by atoms with Crippen LogP contribution in [0.2, 0.25) is 0 Å². The van der Waals surface area contributed by atoms with Crippen molar-refractivity contribution in [2.45, 2.75) is 19.3 Å². The van der Waals surface area contributed by atoms with Gasteiger partial charge in [0.15, 0.2) is 0 Å². The molecule has 1 amide bonds. The number of likely N-dealkylation sites (tertiary alicyclic amines) is 1. The van der Waals surface area contributed by atoms with Gasteiger partial charge in [0.25, 0.3) is 0 Å². The second-order valence-electron chi connectivity index (χ2n) is 3.33. The van der Waals surface area contributed by atoms with E-state index in [4.69, 9.17) is 10.4 Å². The van der Waals surface area contributed by atoms with Crippen LogP contribution < -0.4 is 0 Å². The molecule has 1 rings (SSSR count). The fourth-order valence-corrected chi connectivity index (χ4v) is 1.56. The molecule has 1 saturated heterocycles. The van der Waals surface area contributed by atoms with Crippen LogP contribution in [-0.4, -0.2) is 35.0 Å². The number of carboxylic acid groups (broad SMARTS) is 1. The van der Waals surface area contributed by atoms with E-state index in [-0.39, 0.29) is 18.2 Å². The zero-order chi connectivity index (χ0) is 10.6. The lowest BCUT2D eigenvalue weighted by atomic mass is 9.97. The summed E-state index contributed by atoms with van der Waals surface area (Å²) in [6.07, 6.45) is 0.872. The lowest BCUT2D eigenvalue weighted by Gasteiger charge is -2.29. The number of rotatable bonds is 2. The van der Waals surface area contributed by atoms with Gasteiger partial charge in [-0.15, -0.1) is 0 Å². The Morgan fingerprint density at radius 3 is 2.43 bits per heavy atom. The molecule has 0 unspecified atom stereocenters. The lowest BCUT2D eigenvalue weighted by molar-refractivity contribution is -0.145. The maximum Gasteiger partial charge on any atom is 0.306 e. The van der Waals surface area contributed by atoms with Gasteiger partial charge in [0.05, 0.1) is 12.0 Å². The third-order valence-corrected chi connectivity index (χ3v) is 2.43. The maximum atomic E-state index is 11.2. The second-order valence-corrected chi connectivity index (χ2v) is 3.33. The van der Waals surface area contributed by atoms with E-state index < -0.39 is 5.97 Å². The predicted molar refractivity (Wildman–Crippen MR) is 47.2 cm³/mol. The molecule has 76 valence electrons. The molecule has 1 N–H and O–H groups in total.